The maximum absolute atomic E-state index is 6.02. The third-order valence-electron chi connectivity index (χ3n) is 3.48. The molecular formula is C17H17BrClN5O2. The first kappa shape index (κ1) is 18.5. The number of benzene rings is 2. The van der Waals surface area contributed by atoms with Crippen LogP contribution in [-0.2, 0) is 13.2 Å². The third kappa shape index (κ3) is 4.86. The van der Waals surface area contributed by atoms with Gasteiger partial charge in [0.25, 0.3) is 5.95 Å². The molecule has 3 rings (SSSR count). The fourth-order valence-corrected chi connectivity index (χ4v) is 2.97. The summed E-state index contributed by atoms with van der Waals surface area (Å²) >= 11 is 9.59. The lowest BCUT2D eigenvalue weighted by atomic mass is 10.2. The summed E-state index contributed by atoms with van der Waals surface area (Å²) in [5.41, 5.74) is 1.97. The Morgan fingerprint density at radius 1 is 1.19 bits per heavy atom. The van der Waals surface area contributed by atoms with Crippen molar-refractivity contribution in [1.82, 2.24) is 20.6 Å². The van der Waals surface area contributed by atoms with Crippen molar-refractivity contribution in [3.8, 4) is 11.5 Å². The molecule has 2 aromatic carbocycles. The minimum Gasteiger partial charge on any atom is -0.490 e. The van der Waals surface area contributed by atoms with Crippen molar-refractivity contribution in [2.75, 3.05) is 11.9 Å². The van der Waals surface area contributed by atoms with Crippen LogP contribution in [0, 0.1) is 0 Å². The van der Waals surface area contributed by atoms with E-state index in [0.29, 0.717) is 42.2 Å². The fourth-order valence-electron chi connectivity index (χ4n) is 2.29. The van der Waals surface area contributed by atoms with Crippen LogP contribution in [-0.4, -0.2) is 27.2 Å². The van der Waals surface area contributed by atoms with Crippen molar-refractivity contribution in [3.05, 3.63) is 57.0 Å². The first-order valence-electron chi connectivity index (χ1n) is 7.95. The Hall–Kier alpha value is -2.32. The SMILES string of the molecule is CCOc1cc(CNc2nn[nH]n2)c(Br)cc1OCc1cccc(Cl)c1. The number of nitrogens with one attached hydrogen (secondary N) is 2. The summed E-state index contributed by atoms with van der Waals surface area (Å²) in [7, 11) is 0. The number of anilines is 1. The van der Waals surface area contributed by atoms with Crippen LogP contribution in [0.4, 0.5) is 5.95 Å². The predicted octanol–water partition coefficient (Wildman–Crippen LogP) is 4.21. The molecular weight excluding hydrogens is 422 g/mol. The molecule has 0 fully saturated rings. The lowest BCUT2D eigenvalue weighted by molar-refractivity contribution is 0.269. The molecule has 1 aromatic heterocycles. The van der Waals surface area contributed by atoms with Crippen molar-refractivity contribution < 1.29 is 9.47 Å². The van der Waals surface area contributed by atoms with Gasteiger partial charge in [-0.3, -0.25) is 0 Å². The van der Waals surface area contributed by atoms with E-state index in [1.807, 2.05) is 43.3 Å². The van der Waals surface area contributed by atoms with Crippen LogP contribution in [0.25, 0.3) is 0 Å². The van der Waals surface area contributed by atoms with Crippen LogP contribution < -0.4 is 14.8 Å². The van der Waals surface area contributed by atoms with Gasteiger partial charge in [0, 0.05) is 16.0 Å². The summed E-state index contributed by atoms with van der Waals surface area (Å²) in [6, 6.07) is 11.4. The molecule has 0 amide bonds. The lowest BCUT2D eigenvalue weighted by Crippen LogP contribution is -2.05. The molecule has 3 aromatic rings. The number of hydrogen-bond acceptors (Lipinski definition) is 6. The molecule has 0 bridgehead atoms. The number of ether oxygens (including phenoxy) is 2. The maximum Gasteiger partial charge on any atom is 0.263 e. The quantitative estimate of drug-likeness (QED) is 0.548. The van der Waals surface area contributed by atoms with Gasteiger partial charge in [0.2, 0.25) is 0 Å². The van der Waals surface area contributed by atoms with E-state index in [1.54, 1.807) is 0 Å². The van der Waals surface area contributed by atoms with Gasteiger partial charge in [-0.2, -0.15) is 5.21 Å². The van der Waals surface area contributed by atoms with Crippen molar-refractivity contribution in [1.29, 1.82) is 0 Å². The normalized spacial score (nSPS) is 10.6. The molecule has 0 saturated carbocycles. The van der Waals surface area contributed by atoms with Crippen LogP contribution in [0.2, 0.25) is 5.02 Å². The molecule has 0 atom stereocenters. The van der Waals surface area contributed by atoms with Crippen molar-refractivity contribution in [2.24, 2.45) is 0 Å². The highest BCUT2D eigenvalue weighted by molar-refractivity contribution is 9.10. The van der Waals surface area contributed by atoms with Crippen molar-refractivity contribution in [3.63, 3.8) is 0 Å². The number of halogens is 2. The van der Waals surface area contributed by atoms with Gasteiger partial charge in [0.1, 0.15) is 6.61 Å². The molecule has 0 spiro atoms. The lowest BCUT2D eigenvalue weighted by Gasteiger charge is -2.15. The Bertz CT molecular complexity index is 860. The van der Waals surface area contributed by atoms with Gasteiger partial charge in [-0.1, -0.05) is 44.8 Å². The van der Waals surface area contributed by atoms with Crippen LogP contribution in [0.3, 0.4) is 0 Å². The zero-order chi connectivity index (χ0) is 18.4. The van der Waals surface area contributed by atoms with Crippen LogP contribution in [0.5, 0.6) is 11.5 Å². The molecule has 0 radical (unpaired) electrons. The van der Waals surface area contributed by atoms with Gasteiger partial charge in [0.15, 0.2) is 11.5 Å². The molecule has 1 heterocycles. The second-order valence-corrected chi connectivity index (χ2v) is 6.62. The van der Waals surface area contributed by atoms with E-state index in [1.165, 1.54) is 0 Å². The average Bonchev–Trinajstić information content (AvgIpc) is 3.14. The zero-order valence-corrected chi connectivity index (χ0v) is 16.3. The predicted molar refractivity (Wildman–Crippen MR) is 103 cm³/mol. The van der Waals surface area contributed by atoms with E-state index in [0.717, 1.165) is 15.6 Å². The fraction of sp³-hybridized carbons (Fsp3) is 0.235. The number of tetrazole rings is 1. The second kappa shape index (κ2) is 8.86. The summed E-state index contributed by atoms with van der Waals surface area (Å²) in [5.74, 6) is 1.75. The van der Waals surface area contributed by atoms with Gasteiger partial charge in [-0.25, -0.2) is 0 Å². The van der Waals surface area contributed by atoms with E-state index >= 15 is 0 Å². The third-order valence-corrected chi connectivity index (χ3v) is 4.45. The van der Waals surface area contributed by atoms with E-state index in [9.17, 15) is 0 Å². The Balaban J connectivity index is 1.75. The average molecular weight is 439 g/mol. The summed E-state index contributed by atoms with van der Waals surface area (Å²) in [5, 5.41) is 17.4. The van der Waals surface area contributed by atoms with Crippen molar-refractivity contribution in [2.45, 2.75) is 20.1 Å². The molecule has 26 heavy (non-hydrogen) atoms. The number of H-pyrrole nitrogens is 1. The Labute approximate surface area is 164 Å². The summed E-state index contributed by atoms with van der Waals surface area (Å²) in [6.45, 7) is 3.37. The van der Waals surface area contributed by atoms with Gasteiger partial charge >= 0.3 is 0 Å². The number of hydrogen-bond donors (Lipinski definition) is 2. The molecule has 0 aliphatic heterocycles. The number of rotatable bonds is 8. The van der Waals surface area contributed by atoms with Crippen LogP contribution >= 0.6 is 27.5 Å². The maximum atomic E-state index is 6.02. The van der Waals surface area contributed by atoms with E-state index in [-0.39, 0.29) is 0 Å². The Morgan fingerprint density at radius 2 is 2.04 bits per heavy atom. The molecule has 7 nitrogen and oxygen atoms in total. The molecule has 0 saturated heterocycles. The number of aromatic nitrogens is 4. The van der Waals surface area contributed by atoms with E-state index in [4.69, 9.17) is 21.1 Å². The highest BCUT2D eigenvalue weighted by atomic mass is 79.9. The standard InChI is InChI=1S/C17H17BrClN5O2/c1-2-25-15-7-12(9-20-17-21-23-24-22-17)14(18)8-16(15)26-10-11-4-3-5-13(19)6-11/h3-8H,2,9-10H2,1H3,(H2,20,21,22,23,24). The first-order chi connectivity index (χ1) is 12.7. The minimum atomic E-state index is 0.396. The van der Waals surface area contributed by atoms with Crippen LogP contribution in [0.15, 0.2) is 40.9 Å². The molecule has 0 aliphatic carbocycles. The van der Waals surface area contributed by atoms with Gasteiger partial charge in [0.05, 0.1) is 6.61 Å². The summed E-state index contributed by atoms with van der Waals surface area (Å²) < 4.78 is 12.6. The molecule has 0 aliphatic rings. The highest BCUT2D eigenvalue weighted by Crippen LogP contribution is 2.34. The first-order valence-corrected chi connectivity index (χ1v) is 9.12. The molecule has 136 valence electrons. The molecule has 9 heteroatoms. The second-order valence-electron chi connectivity index (χ2n) is 5.33. The van der Waals surface area contributed by atoms with Gasteiger partial charge < -0.3 is 14.8 Å². The molecule has 2 N–H and O–H groups in total. The summed E-state index contributed by atoms with van der Waals surface area (Å²) in [6.07, 6.45) is 0. The topological polar surface area (TPSA) is 85.0 Å². The van der Waals surface area contributed by atoms with Crippen LogP contribution in [0.1, 0.15) is 18.1 Å². The van der Waals surface area contributed by atoms with Gasteiger partial charge in [-0.05, 0) is 47.5 Å². The largest absolute Gasteiger partial charge is 0.490 e. The van der Waals surface area contributed by atoms with Crippen molar-refractivity contribution >= 4 is 33.5 Å². The Morgan fingerprint density at radius 3 is 2.77 bits per heavy atom. The molecule has 0 unspecified atom stereocenters. The number of aromatic amines is 1. The number of nitrogens with zero attached hydrogens (tertiary/aromatic N) is 3. The van der Waals surface area contributed by atoms with E-state index in [2.05, 4.69) is 41.9 Å². The highest BCUT2D eigenvalue weighted by Gasteiger charge is 2.12. The summed E-state index contributed by atoms with van der Waals surface area (Å²) in [4.78, 5) is 0. The minimum absolute atomic E-state index is 0.396. The van der Waals surface area contributed by atoms with E-state index < -0.39 is 0 Å². The zero-order valence-electron chi connectivity index (χ0n) is 14.0. The Kier molecular flexibility index (Phi) is 6.30. The monoisotopic (exact) mass is 437 g/mol. The smallest absolute Gasteiger partial charge is 0.263 e. The van der Waals surface area contributed by atoms with Gasteiger partial charge in [-0.15, -0.1) is 5.10 Å².